The second-order valence-electron chi connectivity index (χ2n) is 5.85. The van der Waals surface area contributed by atoms with Crippen LogP contribution >= 0.6 is 0 Å². The maximum absolute atomic E-state index is 12.4. The van der Waals surface area contributed by atoms with Gasteiger partial charge in [-0.2, -0.15) is 0 Å². The van der Waals surface area contributed by atoms with E-state index in [0.29, 0.717) is 12.2 Å². The van der Waals surface area contributed by atoms with Crippen molar-refractivity contribution in [2.24, 2.45) is 17.6 Å². The van der Waals surface area contributed by atoms with Crippen LogP contribution in [-0.4, -0.2) is 17.6 Å². The number of benzene rings is 1. The lowest BCUT2D eigenvalue weighted by atomic mass is 9.78. The molecule has 0 saturated heterocycles. The number of nitrogens with one attached hydrogen (secondary N) is 1. The number of aryl methyl sites for hydroxylation is 2. The summed E-state index contributed by atoms with van der Waals surface area (Å²) in [6.45, 7) is 4.34. The Balaban J connectivity index is 2.15. The third kappa shape index (κ3) is 3.12. The molecule has 1 aromatic carbocycles. The molecule has 1 amide bonds. The predicted molar refractivity (Wildman–Crippen MR) is 80.7 cm³/mol. The zero-order chi connectivity index (χ0) is 14.7. The van der Waals surface area contributed by atoms with Gasteiger partial charge in [-0.3, -0.25) is 4.79 Å². The van der Waals surface area contributed by atoms with Crippen LogP contribution in [0.2, 0.25) is 0 Å². The lowest BCUT2D eigenvalue weighted by Gasteiger charge is -2.29. The molecule has 1 aliphatic rings. The Bertz CT molecular complexity index is 499. The molecule has 0 spiro atoms. The molecule has 0 radical (unpaired) electrons. The highest BCUT2D eigenvalue weighted by Gasteiger charge is 2.30. The zero-order valence-corrected chi connectivity index (χ0v) is 12.3. The number of amides is 1. The van der Waals surface area contributed by atoms with E-state index in [1.165, 1.54) is 0 Å². The molecular weight excluding hydrogens is 252 g/mol. The minimum atomic E-state index is -0.0334. The largest absolute Gasteiger partial charge is 0.505 e. The zero-order valence-electron chi connectivity index (χ0n) is 12.3. The van der Waals surface area contributed by atoms with E-state index in [9.17, 15) is 9.90 Å². The molecule has 0 heterocycles. The third-order valence-electron chi connectivity index (χ3n) is 4.25. The van der Waals surface area contributed by atoms with Crippen LogP contribution in [0.25, 0.3) is 0 Å². The Morgan fingerprint density at radius 1 is 1.35 bits per heavy atom. The number of hydrogen-bond donors (Lipinski definition) is 3. The highest BCUT2D eigenvalue weighted by molar-refractivity contribution is 5.94. The van der Waals surface area contributed by atoms with Crippen molar-refractivity contribution in [1.29, 1.82) is 0 Å². The van der Waals surface area contributed by atoms with Gasteiger partial charge in [0.1, 0.15) is 5.75 Å². The number of phenols is 1. The summed E-state index contributed by atoms with van der Waals surface area (Å²) in [7, 11) is 0. The highest BCUT2D eigenvalue weighted by atomic mass is 16.3. The molecule has 4 nitrogen and oxygen atoms in total. The smallest absolute Gasteiger partial charge is 0.227 e. The van der Waals surface area contributed by atoms with E-state index in [4.69, 9.17) is 5.73 Å². The Morgan fingerprint density at radius 2 is 2.05 bits per heavy atom. The van der Waals surface area contributed by atoms with E-state index in [1.54, 1.807) is 6.07 Å². The van der Waals surface area contributed by atoms with Crippen LogP contribution in [0.15, 0.2) is 12.1 Å². The van der Waals surface area contributed by atoms with Crippen molar-refractivity contribution in [3.63, 3.8) is 0 Å². The van der Waals surface area contributed by atoms with Gasteiger partial charge in [-0.05, 0) is 56.3 Å². The van der Waals surface area contributed by atoms with Gasteiger partial charge in [-0.1, -0.05) is 18.9 Å². The second kappa shape index (κ2) is 6.27. The van der Waals surface area contributed by atoms with E-state index in [0.717, 1.165) is 36.8 Å². The number of carbonyl (C=O) groups is 1. The van der Waals surface area contributed by atoms with E-state index in [-0.39, 0.29) is 23.5 Å². The Morgan fingerprint density at radius 3 is 2.75 bits per heavy atom. The fraction of sp³-hybridized carbons (Fsp3) is 0.562. The number of hydrogen-bond acceptors (Lipinski definition) is 3. The second-order valence-corrected chi connectivity index (χ2v) is 5.85. The van der Waals surface area contributed by atoms with Gasteiger partial charge in [0.25, 0.3) is 0 Å². The summed E-state index contributed by atoms with van der Waals surface area (Å²) in [6.07, 6.45) is 4.14. The summed E-state index contributed by atoms with van der Waals surface area (Å²) in [5.41, 5.74) is 8.08. The number of aromatic hydroxyl groups is 1. The van der Waals surface area contributed by atoms with Gasteiger partial charge in [-0.15, -0.1) is 0 Å². The van der Waals surface area contributed by atoms with Gasteiger partial charge in [0, 0.05) is 5.92 Å². The predicted octanol–water partition coefficient (Wildman–Crippen LogP) is 2.71. The van der Waals surface area contributed by atoms with Gasteiger partial charge in [0.15, 0.2) is 0 Å². The first-order chi connectivity index (χ1) is 9.52. The van der Waals surface area contributed by atoms with Crippen LogP contribution < -0.4 is 11.1 Å². The van der Waals surface area contributed by atoms with Crippen molar-refractivity contribution < 1.29 is 9.90 Å². The number of phenolic OH excluding ortho intramolecular Hbond substituents is 1. The van der Waals surface area contributed by atoms with Crippen molar-refractivity contribution in [3.8, 4) is 5.75 Å². The minimum absolute atomic E-state index is 0.0135. The van der Waals surface area contributed by atoms with Crippen molar-refractivity contribution >= 4 is 11.6 Å². The number of nitrogens with two attached hydrogens (primary N) is 1. The number of carbonyl (C=O) groups excluding carboxylic acids is 1. The normalized spacial score (nSPS) is 22.6. The SMILES string of the molecule is Cc1cc(C)c(O)c(NC(=O)C2CCCCC2CN)c1. The van der Waals surface area contributed by atoms with Crippen LogP contribution in [0.4, 0.5) is 5.69 Å². The molecular formula is C16H24N2O2. The Labute approximate surface area is 120 Å². The lowest BCUT2D eigenvalue weighted by molar-refractivity contribution is -0.122. The maximum atomic E-state index is 12.4. The first-order valence-electron chi connectivity index (χ1n) is 7.34. The minimum Gasteiger partial charge on any atom is -0.505 e. The fourth-order valence-electron chi connectivity index (χ4n) is 3.12. The molecule has 2 unspecified atom stereocenters. The van der Waals surface area contributed by atoms with Crippen molar-refractivity contribution in [2.75, 3.05) is 11.9 Å². The quantitative estimate of drug-likeness (QED) is 0.743. The fourth-order valence-corrected chi connectivity index (χ4v) is 3.12. The topological polar surface area (TPSA) is 75.3 Å². The van der Waals surface area contributed by atoms with Crippen molar-refractivity contribution in [1.82, 2.24) is 0 Å². The van der Waals surface area contributed by atoms with Crippen LogP contribution in [0, 0.1) is 25.7 Å². The first-order valence-corrected chi connectivity index (χ1v) is 7.34. The van der Waals surface area contributed by atoms with Crippen LogP contribution in [0.5, 0.6) is 5.75 Å². The summed E-state index contributed by atoms with van der Waals surface area (Å²) < 4.78 is 0. The van der Waals surface area contributed by atoms with Gasteiger partial charge in [0.05, 0.1) is 5.69 Å². The van der Waals surface area contributed by atoms with Crippen LogP contribution in [0.3, 0.4) is 0 Å². The van der Waals surface area contributed by atoms with E-state index < -0.39 is 0 Å². The average molecular weight is 276 g/mol. The van der Waals surface area contributed by atoms with E-state index in [1.807, 2.05) is 19.9 Å². The molecule has 1 aliphatic carbocycles. The Hall–Kier alpha value is -1.55. The highest BCUT2D eigenvalue weighted by Crippen LogP contribution is 2.33. The standard InChI is InChI=1S/C16H24N2O2/c1-10-7-11(2)15(19)14(8-10)18-16(20)13-6-4-3-5-12(13)9-17/h7-8,12-13,19H,3-6,9,17H2,1-2H3,(H,18,20). The molecule has 110 valence electrons. The maximum Gasteiger partial charge on any atom is 0.227 e. The molecule has 0 aromatic heterocycles. The summed E-state index contributed by atoms with van der Waals surface area (Å²) in [6, 6.07) is 3.70. The number of anilines is 1. The van der Waals surface area contributed by atoms with Gasteiger partial charge in [-0.25, -0.2) is 0 Å². The molecule has 1 fully saturated rings. The molecule has 0 aliphatic heterocycles. The molecule has 2 atom stereocenters. The van der Waals surface area contributed by atoms with Gasteiger partial charge < -0.3 is 16.2 Å². The third-order valence-corrected chi connectivity index (χ3v) is 4.25. The molecule has 1 aromatic rings. The molecule has 20 heavy (non-hydrogen) atoms. The molecule has 4 N–H and O–H groups in total. The summed E-state index contributed by atoms with van der Waals surface area (Å²) in [4.78, 5) is 12.4. The Kier molecular flexibility index (Phi) is 4.65. The average Bonchev–Trinajstić information content (AvgIpc) is 2.44. The summed E-state index contributed by atoms with van der Waals surface area (Å²) in [5, 5.41) is 12.9. The molecule has 2 rings (SSSR count). The van der Waals surface area contributed by atoms with E-state index >= 15 is 0 Å². The van der Waals surface area contributed by atoms with Crippen molar-refractivity contribution in [3.05, 3.63) is 23.3 Å². The monoisotopic (exact) mass is 276 g/mol. The summed E-state index contributed by atoms with van der Waals surface area (Å²) >= 11 is 0. The molecule has 4 heteroatoms. The summed E-state index contributed by atoms with van der Waals surface area (Å²) in [5.74, 6) is 0.371. The molecule has 0 bridgehead atoms. The van der Waals surface area contributed by atoms with Gasteiger partial charge in [0.2, 0.25) is 5.91 Å². The first kappa shape index (κ1) is 14.9. The molecule has 1 saturated carbocycles. The van der Waals surface area contributed by atoms with Gasteiger partial charge >= 0.3 is 0 Å². The number of rotatable bonds is 3. The van der Waals surface area contributed by atoms with Crippen LogP contribution in [-0.2, 0) is 4.79 Å². The lowest BCUT2D eigenvalue weighted by Crippen LogP contribution is -2.35. The van der Waals surface area contributed by atoms with Crippen LogP contribution in [0.1, 0.15) is 36.8 Å². The van der Waals surface area contributed by atoms with E-state index in [2.05, 4.69) is 5.32 Å². The van der Waals surface area contributed by atoms with Crippen molar-refractivity contribution in [2.45, 2.75) is 39.5 Å².